The minimum absolute atomic E-state index is 0.528. The molecule has 2 N–H and O–H groups in total. The summed E-state index contributed by atoms with van der Waals surface area (Å²) in [6.45, 7) is 3.34. The number of nitrogens with two attached hydrogens (primary N) is 1. The van der Waals surface area contributed by atoms with Crippen molar-refractivity contribution in [1.29, 1.82) is 0 Å². The summed E-state index contributed by atoms with van der Waals surface area (Å²) in [5.74, 6) is 1.95. The van der Waals surface area contributed by atoms with Crippen LogP contribution in [-0.2, 0) is 0 Å². The Kier molecular flexibility index (Phi) is 3.24. The van der Waals surface area contributed by atoms with Gasteiger partial charge in [0, 0.05) is 26.3 Å². The molecule has 0 amide bonds. The largest absolute Gasteiger partial charge is 0.384 e. The van der Waals surface area contributed by atoms with E-state index in [1.807, 2.05) is 7.05 Å². The minimum atomic E-state index is 0.528. The van der Waals surface area contributed by atoms with Crippen LogP contribution in [0.3, 0.4) is 0 Å². The molecule has 0 radical (unpaired) electrons. The molecule has 1 aromatic heterocycles. The zero-order valence-electron chi connectivity index (χ0n) is 9.93. The van der Waals surface area contributed by atoms with E-state index in [9.17, 15) is 0 Å². The number of likely N-dealkylation sites (tertiary alicyclic amines) is 1. The van der Waals surface area contributed by atoms with Gasteiger partial charge in [0.25, 0.3) is 0 Å². The Morgan fingerprint density at radius 1 is 1.62 bits per heavy atom. The van der Waals surface area contributed by atoms with Gasteiger partial charge >= 0.3 is 0 Å². The van der Waals surface area contributed by atoms with Crippen LogP contribution in [0.15, 0.2) is 12.3 Å². The van der Waals surface area contributed by atoms with Crippen LogP contribution < -0.4 is 10.6 Å². The van der Waals surface area contributed by atoms with Crippen molar-refractivity contribution in [3.63, 3.8) is 0 Å². The van der Waals surface area contributed by atoms with Crippen LogP contribution in [0.25, 0.3) is 0 Å². The fourth-order valence-corrected chi connectivity index (χ4v) is 2.19. The molecule has 1 atom stereocenters. The van der Waals surface area contributed by atoms with E-state index in [-0.39, 0.29) is 0 Å². The molecule has 2 heterocycles. The lowest BCUT2D eigenvalue weighted by Crippen LogP contribution is -2.28. The monoisotopic (exact) mass is 221 g/mol. The Bertz CT molecular complexity index is 354. The van der Waals surface area contributed by atoms with Crippen LogP contribution in [0.2, 0.25) is 0 Å². The molecule has 0 aromatic carbocycles. The summed E-state index contributed by atoms with van der Waals surface area (Å²) in [5.41, 5.74) is 5.64. The highest BCUT2D eigenvalue weighted by molar-refractivity contribution is 5.36. The maximum absolute atomic E-state index is 5.64. The molecule has 0 aliphatic carbocycles. The van der Waals surface area contributed by atoms with Gasteiger partial charge in [-0.05, 0) is 32.0 Å². The lowest BCUT2D eigenvalue weighted by molar-refractivity contribution is 0.395. The molecule has 88 valence electrons. The zero-order valence-corrected chi connectivity index (χ0v) is 9.93. The molecule has 1 saturated heterocycles. The summed E-state index contributed by atoms with van der Waals surface area (Å²) >= 11 is 0. The van der Waals surface area contributed by atoms with E-state index in [4.69, 9.17) is 5.73 Å². The molecule has 1 unspecified atom stereocenters. The Labute approximate surface area is 96.3 Å². The molecule has 1 aliphatic heterocycles. The Balaban J connectivity index is 1.95. The summed E-state index contributed by atoms with van der Waals surface area (Å²) in [6, 6.07) is 1.71. The average molecular weight is 221 g/mol. The third kappa shape index (κ3) is 2.61. The van der Waals surface area contributed by atoms with E-state index in [1.165, 1.54) is 13.0 Å². The first-order chi connectivity index (χ1) is 7.65. The van der Waals surface area contributed by atoms with E-state index in [2.05, 4.69) is 26.8 Å². The Morgan fingerprint density at radius 3 is 3.06 bits per heavy atom. The summed E-state index contributed by atoms with van der Waals surface area (Å²) in [7, 11) is 4.18. The van der Waals surface area contributed by atoms with Crippen LogP contribution in [0.5, 0.6) is 0 Å². The number of nitrogens with zero attached hydrogens (tertiary/aromatic N) is 4. The molecule has 1 fully saturated rings. The van der Waals surface area contributed by atoms with Crippen molar-refractivity contribution >= 4 is 11.8 Å². The van der Waals surface area contributed by atoms with Gasteiger partial charge in [-0.25, -0.2) is 4.98 Å². The molecule has 16 heavy (non-hydrogen) atoms. The van der Waals surface area contributed by atoms with E-state index in [0.717, 1.165) is 19.0 Å². The van der Waals surface area contributed by atoms with Gasteiger partial charge in [0.1, 0.15) is 5.82 Å². The maximum Gasteiger partial charge on any atom is 0.226 e. The molecule has 1 aromatic rings. The summed E-state index contributed by atoms with van der Waals surface area (Å²) in [6.07, 6.45) is 2.96. The zero-order chi connectivity index (χ0) is 11.5. The number of aromatic nitrogens is 2. The molecule has 5 nitrogen and oxygen atoms in total. The van der Waals surface area contributed by atoms with Crippen molar-refractivity contribution in [1.82, 2.24) is 14.9 Å². The van der Waals surface area contributed by atoms with Crippen molar-refractivity contribution in [2.75, 3.05) is 44.4 Å². The molecule has 1 aliphatic rings. The number of hydrogen-bond acceptors (Lipinski definition) is 5. The van der Waals surface area contributed by atoms with Gasteiger partial charge in [0.2, 0.25) is 5.95 Å². The van der Waals surface area contributed by atoms with Crippen molar-refractivity contribution in [2.45, 2.75) is 6.42 Å². The molecular formula is C11H19N5. The lowest BCUT2D eigenvalue weighted by Gasteiger charge is -2.21. The molecule has 0 bridgehead atoms. The Morgan fingerprint density at radius 2 is 2.44 bits per heavy atom. The van der Waals surface area contributed by atoms with Crippen molar-refractivity contribution < 1.29 is 0 Å². The van der Waals surface area contributed by atoms with Gasteiger partial charge in [-0.3, -0.25) is 0 Å². The van der Waals surface area contributed by atoms with E-state index in [0.29, 0.717) is 11.7 Å². The summed E-state index contributed by atoms with van der Waals surface area (Å²) in [5, 5.41) is 0. The van der Waals surface area contributed by atoms with Crippen molar-refractivity contribution in [2.24, 2.45) is 5.92 Å². The van der Waals surface area contributed by atoms with Gasteiger partial charge in [-0.15, -0.1) is 0 Å². The van der Waals surface area contributed by atoms with Gasteiger partial charge in [-0.2, -0.15) is 4.98 Å². The van der Waals surface area contributed by atoms with Gasteiger partial charge in [0.05, 0.1) is 0 Å². The lowest BCUT2D eigenvalue weighted by atomic mass is 10.1. The van der Waals surface area contributed by atoms with Crippen molar-refractivity contribution in [3.8, 4) is 0 Å². The topological polar surface area (TPSA) is 58.3 Å². The van der Waals surface area contributed by atoms with Crippen LogP contribution in [0, 0.1) is 5.92 Å². The second kappa shape index (κ2) is 4.65. The predicted molar refractivity (Wildman–Crippen MR) is 65.3 cm³/mol. The predicted octanol–water partition coefficient (Wildman–Crippen LogP) is 0.447. The second-order valence-corrected chi connectivity index (χ2v) is 4.58. The molecular weight excluding hydrogens is 202 g/mol. The van der Waals surface area contributed by atoms with Crippen LogP contribution in [-0.4, -0.2) is 48.6 Å². The molecule has 0 spiro atoms. The number of anilines is 2. The smallest absolute Gasteiger partial charge is 0.226 e. The van der Waals surface area contributed by atoms with Crippen LogP contribution in [0.1, 0.15) is 6.42 Å². The number of hydrogen-bond donors (Lipinski definition) is 1. The molecule has 0 saturated carbocycles. The first kappa shape index (κ1) is 11.1. The summed E-state index contributed by atoms with van der Waals surface area (Å²) in [4.78, 5) is 12.9. The first-order valence-electron chi connectivity index (χ1n) is 5.63. The normalized spacial score (nSPS) is 21.2. The standard InChI is InChI=1S/C11H19N5/c1-15-6-4-9(7-15)8-16(2)11-13-5-3-10(12)14-11/h3,5,9H,4,6-8H2,1-2H3,(H2,12,13,14). The fourth-order valence-electron chi connectivity index (χ4n) is 2.19. The molecule has 5 heteroatoms. The fraction of sp³-hybridized carbons (Fsp3) is 0.636. The van der Waals surface area contributed by atoms with Crippen LogP contribution in [0.4, 0.5) is 11.8 Å². The summed E-state index contributed by atoms with van der Waals surface area (Å²) < 4.78 is 0. The number of nitrogen functional groups attached to an aromatic ring is 1. The minimum Gasteiger partial charge on any atom is -0.384 e. The highest BCUT2D eigenvalue weighted by Crippen LogP contribution is 2.17. The highest BCUT2D eigenvalue weighted by atomic mass is 15.2. The van der Waals surface area contributed by atoms with Crippen molar-refractivity contribution in [3.05, 3.63) is 12.3 Å². The SMILES string of the molecule is CN1CCC(CN(C)c2nccc(N)n2)C1. The van der Waals surface area contributed by atoms with E-state index >= 15 is 0 Å². The third-order valence-corrected chi connectivity index (χ3v) is 3.03. The van der Waals surface area contributed by atoms with Gasteiger partial charge in [0.15, 0.2) is 0 Å². The van der Waals surface area contributed by atoms with E-state index in [1.54, 1.807) is 12.3 Å². The first-order valence-corrected chi connectivity index (χ1v) is 5.63. The average Bonchev–Trinajstić information content (AvgIpc) is 2.64. The highest BCUT2D eigenvalue weighted by Gasteiger charge is 2.21. The molecule has 2 rings (SSSR count). The second-order valence-electron chi connectivity index (χ2n) is 4.58. The third-order valence-electron chi connectivity index (χ3n) is 3.03. The van der Waals surface area contributed by atoms with Gasteiger partial charge in [-0.1, -0.05) is 0 Å². The van der Waals surface area contributed by atoms with Gasteiger partial charge < -0.3 is 15.5 Å². The quantitative estimate of drug-likeness (QED) is 0.803. The number of rotatable bonds is 3. The van der Waals surface area contributed by atoms with E-state index < -0.39 is 0 Å². The van der Waals surface area contributed by atoms with Crippen LogP contribution >= 0.6 is 0 Å². The maximum atomic E-state index is 5.64. The Hall–Kier alpha value is -1.36.